The van der Waals surface area contributed by atoms with Crippen LogP contribution in [0.15, 0.2) is 23.0 Å². The van der Waals surface area contributed by atoms with E-state index in [1.54, 1.807) is 0 Å². The molecular weight excluding hydrogens is 328 g/mol. The van der Waals surface area contributed by atoms with Crippen LogP contribution in [0.5, 0.6) is 0 Å². The van der Waals surface area contributed by atoms with Crippen molar-refractivity contribution in [3.05, 3.63) is 49.9 Å². The van der Waals surface area contributed by atoms with Crippen molar-refractivity contribution < 1.29 is 13.2 Å². The van der Waals surface area contributed by atoms with E-state index in [2.05, 4.69) is 5.10 Å². The Balaban J connectivity index is 2.63. The molecule has 2 rings (SSSR count). The van der Waals surface area contributed by atoms with Crippen LogP contribution in [-0.2, 0) is 6.18 Å². The van der Waals surface area contributed by atoms with Crippen LogP contribution in [0, 0.1) is 0 Å². The van der Waals surface area contributed by atoms with Gasteiger partial charge >= 0.3 is 6.18 Å². The fourth-order valence-corrected chi connectivity index (χ4v) is 2.47. The van der Waals surface area contributed by atoms with Gasteiger partial charge in [0.2, 0.25) is 0 Å². The van der Waals surface area contributed by atoms with E-state index in [4.69, 9.17) is 23.2 Å². The summed E-state index contributed by atoms with van der Waals surface area (Å²) in [4.78, 5) is 11.9. The second-order valence-corrected chi connectivity index (χ2v) is 5.64. The summed E-state index contributed by atoms with van der Waals surface area (Å²) in [7, 11) is 0. The minimum atomic E-state index is -4.56. The minimum absolute atomic E-state index is 0.00299. The lowest BCUT2D eigenvalue weighted by molar-refractivity contribution is -0.137. The molecule has 1 heterocycles. The maximum Gasteiger partial charge on any atom is 0.416 e. The van der Waals surface area contributed by atoms with E-state index < -0.39 is 17.3 Å². The summed E-state index contributed by atoms with van der Waals surface area (Å²) in [5, 5.41) is 2.28. The van der Waals surface area contributed by atoms with E-state index in [9.17, 15) is 18.0 Å². The van der Waals surface area contributed by atoms with E-state index in [1.165, 1.54) is 6.07 Å². The van der Waals surface area contributed by atoms with Crippen molar-refractivity contribution in [2.45, 2.75) is 25.9 Å². The van der Waals surface area contributed by atoms with E-state index in [-0.39, 0.29) is 21.7 Å². The summed E-state index contributed by atoms with van der Waals surface area (Å²) in [6.45, 7) is 3.73. The van der Waals surface area contributed by atoms with Crippen LogP contribution < -0.4 is 5.56 Å². The van der Waals surface area contributed by atoms with Gasteiger partial charge in [-0.2, -0.15) is 13.2 Å². The molecule has 0 amide bonds. The number of rotatable bonds is 2. The SMILES string of the molecule is CC(C)c1cc(=O)n(-c2c(Cl)cc(C(F)(F)F)cc2Cl)[nH]1. The Kier molecular flexibility index (Phi) is 4.13. The van der Waals surface area contributed by atoms with E-state index in [1.807, 2.05) is 13.8 Å². The summed E-state index contributed by atoms with van der Waals surface area (Å²) in [5.41, 5.74) is -0.775. The normalized spacial score (nSPS) is 12.2. The molecule has 0 saturated heterocycles. The lowest BCUT2D eigenvalue weighted by Crippen LogP contribution is -2.15. The Hall–Kier alpha value is -1.40. The first-order valence-electron chi connectivity index (χ1n) is 6.00. The highest BCUT2D eigenvalue weighted by atomic mass is 35.5. The molecule has 0 saturated carbocycles. The molecular formula is C13H11Cl2F3N2O. The highest BCUT2D eigenvalue weighted by Gasteiger charge is 2.32. The number of hydrogen-bond acceptors (Lipinski definition) is 1. The predicted molar refractivity (Wildman–Crippen MR) is 75.5 cm³/mol. The molecule has 21 heavy (non-hydrogen) atoms. The first-order chi connectivity index (χ1) is 9.61. The molecule has 3 nitrogen and oxygen atoms in total. The van der Waals surface area contributed by atoms with Gasteiger partial charge in [-0.25, -0.2) is 4.68 Å². The van der Waals surface area contributed by atoms with Gasteiger partial charge in [-0.05, 0) is 18.1 Å². The third kappa shape index (κ3) is 3.11. The van der Waals surface area contributed by atoms with Crippen molar-refractivity contribution in [3.8, 4) is 5.69 Å². The number of hydrogen-bond donors (Lipinski definition) is 1. The monoisotopic (exact) mass is 338 g/mol. The number of aromatic amines is 1. The van der Waals surface area contributed by atoms with Gasteiger partial charge in [0.05, 0.1) is 15.6 Å². The molecule has 0 radical (unpaired) electrons. The Morgan fingerprint density at radius 1 is 1.14 bits per heavy atom. The van der Waals surface area contributed by atoms with Crippen molar-refractivity contribution in [2.24, 2.45) is 0 Å². The molecule has 0 atom stereocenters. The molecule has 1 N–H and O–H groups in total. The molecule has 0 aliphatic carbocycles. The Morgan fingerprint density at radius 2 is 1.67 bits per heavy atom. The minimum Gasteiger partial charge on any atom is -0.295 e. The topological polar surface area (TPSA) is 37.8 Å². The standard InChI is InChI=1S/C13H11Cl2F3N2O/c1-6(2)10-5-11(21)20(19-10)12-8(14)3-7(4-9(12)15)13(16,17)18/h3-6,19H,1-2H3. The maximum absolute atomic E-state index is 12.7. The summed E-state index contributed by atoms with van der Waals surface area (Å²) < 4.78 is 39.1. The van der Waals surface area contributed by atoms with Gasteiger partial charge in [0.1, 0.15) is 5.69 Å². The number of H-pyrrole nitrogens is 1. The number of nitrogens with one attached hydrogen (secondary N) is 1. The number of benzene rings is 1. The first kappa shape index (κ1) is 16.0. The van der Waals surface area contributed by atoms with Crippen LogP contribution in [0.3, 0.4) is 0 Å². The highest BCUT2D eigenvalue weighted by molar-refractivity contribution is 6.37. The van der Waals surface area contributed by atoms with Crippen LogP contribution in [-0.4, -0.2) is 9.78 Å². The lowest BCUT2D eigenvalue weighted by atomic mass is 10.1. The van der Waals surface area contributed by atoms with E-state index >= 15 is 0 Å². The van der Waals surface area contributed by atoms with Gasteiger partial charge in [0.15, 0.2) is 0 Å². The third-order valence-corrected chi connectivity index (χ3v) is 3.51. The molecule has 0 aliphatic heterocycles. The van der Waals surface area contributed by atoms with Crippen molar-refractivity contribution in [1.82, 2.24) is 9.78 Å². The third-order valence-electron chi connectivity index (χ3n) is 2.93. The molecule has 0 spiro atoms. The zero-order valence-corrected chi connectivity index (χ0v) is 12.6. The van der Waals surface area contributed by atoms with Crippen LogP contribution in [0.2, 0.25) is 10.0 Å². The summed E-state index contributed by atoms with van der Waals surface area (Å²) in [6, 6.07) is 2.84. The highest BCUT2D eigenvalue weighted by Crippen LogP contribution is 2.37. The summed E-state index contributed by atoms with van der Waals surface area (Å²) in [5.74, 6) is 0.0472. The maximum atomic E-state index is 12.7. The van der Waals surface area contributed by atoms with Crippen molar-refractivity contribution in [3.63, 3.8) is 0 Å². The van der Waals surface area contributed by atoms with Gasteiger partial charge in [-0.3, -0.25) is 9.89 Å². The molecule has 0 bridgehead atoms. The smallest absolute Gasteiger partial charge is 0.295 e. The lowest BCUT2D eigenvalue weighted by Gasteiger charge is -2.12. The number of aromatic nitrogens is 2. The molecule has 1 aromatic carbocycles. The van der Waals surface area contributed by atoms with Gasteiger partial charge in [-0.15, -0.1) is 0 Å². The van der Waals surface area contributed by atoms with Gasteiger partial charge in [0.25, 0.3) is 5.56 Å². The van der Waals surface area contributed by atoms with Gasteiger partial charge < -0.3 is 0 Å². The zero-order chi connectivity index (χ0) is 15.9. The Bertz CT molecular complexity index is 709. The molecule has 114 valence electrons. The van der Waals surface area contributed by atoms with Crippen LogP contribution in [0.25, 0.3) is 5.69 Å². The van der Waals surface area contributed by atoms with Crippen LogP contribution in [0.1, 0.15) is 31.0 Å². The predicted octanol–water partition coefficient (Wildman–Crippen LogP) is 4.61. The van der Waals surface area contributed by atoms with Crippen LogP contribution >= 0.6 is 23.2 Å². The number of halogens is 5. The fourth-order valence-electron chi connectivity index (χ4n) is 1.82. The van der Waals surface area contributed by atoms with Crippen LogP contribution in [0.4, 0.5) is 13.2 Å². The van der Waals surface area contributed by atoms with Gasteiger partial charge in [-0.1, -0.05) is 37.0 Å². The number of alkyl halides is 3. The largest absolute Gasteiger partial charge is 0.416 e. The molecule has 0 fully saturated rings. The zero-order valence-electron chi connectivity index (χ0n) is 11.1. The quantitative estimate of drug-likeness (QED) is 0.852. The summed E-state index contributed by atoms with van der Waals surface area (Å²) >= 11 is 11.7. The Labute approximate surface area is 128 Å². The summed E-state index contributed by atoms with van der Waals surface area (Å²) in [6.07, 6.45) is -4.56. The average Bonchev–Trinajstić information content (AvgIpc) is 2.69. The molecule has 2 aromatic rings. The average molecular weight is 339 g/mol. The van der Waals surface area contributed by atoms with E-state index in [0.29, 0.717) is 5.69 Å². The van der Waals surface area contributed by atoms with Crippen molar-refractivity contribution in [1.29, 1.82) is 0 Å². The second kappa shape index (κ2) is 5.42. The molecule has 8 heteroatoms. The first-order valence-corrected chi connectivity index (χ1v) is 6.75. The van der Waals surface area contributed by atoms with E-state index in [0.717, 1.165) is 16.8 Å². The fraction of sp³-hybridized carbons (Fsp3) is 0.308. The Morgan fingerprint density at radius 3 is 2.05 bits per heavy atom. The van der Waals surface area contributed by atoms with Crippen molar-refractivity contribution >= 4 is 23.2 Å². The van der Waals surface area contributed by atoms with Gasteiger partial charge in [0, 0.05) is 11.8 Å². The second-order valence-electron chi connectivity index (χ2n) is 4.83. The number of nitrogens with zero attached hydrogens (tertiary/aromatic N) is 1. The van der Waals surface area contributed by atoms with Crippen molar-refractivity contribution in [2.75, 3.05) is 0 Å². The molecule has 1 aromatic heterocycles. The molecule has 0 aliphatic rings. The molecule has 0 unspecified atom stereocenters.